The molecule has 1 aromatic carbocycles. The fraction of sp³-hybridized carbons (Fsp3) is 0.222. The van der Waals surface area contributed by atoms with Crippen molar-refractivity contribution in [3.8, 4) is 22.5 Å². The zero-order valence-corrected chi connectivity index (χ0v) is 23.9. The summed E-state index contributed by atoms with van der Waals surface area (Å²) in [7, 11) is -4.07. The predicted octanol–water partition coefficient (Wildman–Crippen LogP) is 5.14. The van der Waals surface area contributed by atoms with Gasteiger partial charge in [-0.3, -0.25) is 9.71 Å². The standard InChI is InChI=1S/C27H23F3N8O2S2/c1-15-3-4-19(37-42(39,40)14-20-10-18(5-6-31-20)27(28,29)30)11-21(15)22-9-17-12-34-26(35-23-13-33-16(2)41-23)36-24(17)38-8-7-32-25(22)38/h3-6,9-13,32,37H,7-8,14H2,1-2H3/b35-26+. The molecule has 0 radical (unpaired) electrons. The van der Waals surface area contributed by atoms with Gasteiger partial charge >= 0.3 is 6.18 Å². The molecule has 2 aromatic heterocycles. The van der Waals surface area contributed by atoms with Gasteiger partial charge in [0.1, 0.15) is 22.4 Å². The van der Waals surface area contributed by atoms with Crippen molar-refractivity contribution in [2.24, 2.45) is 4.99 Å². The number of aryl methyl sites for hydroxylation is 2. The third-order valence-corrected chi connectivity index (χ3v) is 8.62. The first-order chi connectivity index (χ1) is 19.9. The molecule has 0 bridgehead atoms. The van der Waals surface area contributed by atoms with Crippen molar-refractivity contribution in [3.63, 3.8) is 0 Å². The van der Waals surface area contributed by atoms with Crippen LogP contribution in [0, 0.1) is 13.8 Å². The second-order valence-electron chi connectivity index (χ2n) is 9.69. The fourth-order valence-corrected chi connectivity index (χ4v) is 6.49. The molecule has 0 atom stereocenters. The van der Waals surface area contributed by atoms with Gasteiger partial charge in [-0.2, -0.15) is 23.1 Å². The number of halogens is 3. The molecule has 3 aliphatic rings. The maximum absolute atomic E-state index is 13.1. The van der Waals surface area contributed by atoms with Gasteiger partial charge in [0, 0.05) is 42.3 Å². The van der Waals surface area contributed by atoms with Crippen molar-refractivity contribution < 1.29 is 21.6 Å². The smallest absolute Gasteiger partial charge is 0.369 e. The highest BCUT2D eigenvalue weighted by Crippen LogP contribution is 2.39. The zero-order valence-electron chi connectivity index (χ0n) is 22.3. The summed E-state index contributed by atoms with van der Waals surface area (Å²) in [5, 5.41) is 5.01. The van der Waals surface area contributed by atoms with Crippen LogP contribution >= 0.6 is 11.3 Å². The van der Waals surface area contributed by atoms with Crippen molar-refractivity contribution in [1.82, 2.24) is 24.5 Å². The highest BCUT2D eigenvalue weighted by atomic mass is 32.2. The molecule has 0 amide bonds. The van der Waals surface area contributed by atoms with Crippen molar-refractivity contribution in [2.45, 2.75) is 32.3 Å². The first kappa shape index (κ1) is 27.8. The SMILES string of the molecule is Cc1ncc(/N=c2\ncc3cc(-c4cc(NS(=O)(=O)Cc5cc(C(F)(F)F)ccn5)ccc4C)c4n(c-3n2)CCN4)s1. The zero-order chi connectivity index (χ0) is 29.6. The number of benzene rings is 1. The molecule has 0 unspecified atom stereocenters. The van der Waals surface area contributed by atoms with E-state index in [9.17, 15) is 21.6 Å². The maximum Gasteiger partial charge on any atom is 0.416 e. The van der Waals surface area contributed by atoms with Gasteiger partial charge in [-0.05, 0) is 55.3 Å². The number of thiazole rings is 1. The number of hydrogen-bond donors (Lipinski definition) is 2. The van der Waals surface area contributed by atoms with Gasteiger partial charge in [-0.1, -0.05) is 17.4 Å². The Morgan fingerprint density at radius 1 is 1.07 bits per heavy atom. The largest absolute Gasteiger partial charge is 0.416 e. The average molecular weight is 613 g/mol. The van der Waals surface area contributed by atoms with Gasteiger partial charge in [-0.25, -0.2) is 18.4 Å². The number of aromatic nitrogens is 5. The van der Waals surface area contributed by atoms with Crippen LogP contribution in [-0.4, -0.2) is 39.5 Å². The lowest BCUT2D eigenvalue weighted by molar-refractivity contribution is -0.137. The van der Waals surface area contributed by atoms with E-state index >= 15 is 0 Å². The fourth-order valence-electron chi connectivity index (χ4n) is 4.74. The molecule has 6 rings (SSSR count). The summed E-state index contributed by atoms with van der Waals surface area (Å²) in [6, 6.07) is 8.56. The summed E-state index contributed by atoms with van der Waals surface area (Å²) in [4.78, 5) is 21.6. The van der Waals surface area contributed by atoms with Crippen LogP contribution in [0.25, 0.3) is 22.5 Å². The average Bonchev–Trinajstić information content (AvgIpc) is 3.58. The van der Waals surface area contributed by atoms with Crippen LogP contribution in [0.4, 0.5) is 29.7 Å². The summed E-state index contributed by atoms with van der Waals surface area (Å²) < 4.78 is 69.6. The van der Waals surface area contributed by atoms with Crippen molar-refractivity contribution in [2.75, 3.05) is 16.6 Å². The minimum absolute atomic E-state index is 0.214. The van der Waals surface area contributed by atoms with E-state index in [-0.39, 0.29) is 11.4 Å². The van der Waals surface area contributed by atoms with Gasteiger partial charge in [0.25, 0.3) is 5.62 Å². The lowest BCUT2D eigenvalue weighted by atomic mass is 9.98. The van der Waals surface area contributed by atoms with E-state index in [4.69, 9.17) is 4.98 Å². The number of rotatable bonds is 6. The molecular formula is C27H23F3N8O2S2. The number of nitrogens with one attached hydrogen (secondary N) is 2. The van der Waals surface area contributed by atoms with E-state index in [1.54, 1.807) is 30.6 Å². The van der Waals surface area contributed by atoms with E-state index in [1.165, 1.54) is 11.3 Å². The van der Waals surface area contributed by atoms with Gasteiger partial charge in [0.2, 0.25) is 10.0 Å². The molecule has 0 saturated heterocycles. The summed E-state index contributed by atoms with van der Waals surface area (Å²) >= 11 is 1.45. The Morgan fingerprint density at radius 3 is 2.67 bits per heavy atom. The van der Waals surface area contributed by atoms with E-state index in [0.717, 1.165) is 51.4 Å². The number of pyridine rings is 2. The van der Waals surface area contributed by atoms with Crippen LogP contribution in [0.2, 0.25) is 0 Å². The number of alkyl halides is 3. The van der Waals surface area contributed by atoms with Crippen molar-refractivity contribution in [3.05, 3.63) is 82.4 Å². The Bertz CT molecular complexity index is 1970. The summed E-state index contributed by atoms with van der Waals surface area (Å²) in [5.41, 5.74) is 2.67. The quantitative estimate of drug-likeness (QED) is 0.272. The third-order valence-electron chi connectivity index (χ3n) is 6.59. The molecule has 2 N–H and O–H groups in total. The van der Waals surface area contributed by atoms with Crippen LogP contribution in [0.1, 0.15) is 21.8 Å². The molecule has 3 aromatic rings. The Morgan fingerprint density at radius 2 is 1.90 bits per heavy atom. The molecule has 216 valence electrons. The lowest BCUT2D eigenvalue weighted by Gasteiger charge is -2.19. The minimum atomic E-state index is -4.60. The molecule has 0 spiro atoms. The Hall–Kier alpha value is -4.37. The Balaban J connectivity index is 1.34. The lowest BCUT2D eigenvalue weighted by Crippen LogP contribution is -2.17. The molecule has 5 heterocycles. The summed E-state index contributed by atoms with van der Waals surface area (Å²) in [5.74, 6) is 0.809. The molecule has 10 nitrogen and oxygen atoms in total. The van der Waals surface area contributed by atoms with Gasteiger partial charge in [0.05, 0.1) is 22.5 Å². The number of hydrogen-bond acceptors (Lipinski definition) is 9. The van der Waals surface area contributed by atoms with Gasteiger partial charge < -0.3 is 9.88 Å². The number of sulfonamides is 1. The van der Waals surface area contributed by atoms with Gasteiger partial charge in [0.15, 0.2) is 0 Å². The molecule has 0 aliphatic carbocycles. The first-order valence-corrected chi connectivity index (χ1v) is 15.2. The monoisotopic (exact) mass is 612 g/mol. The molecule has 0 saturated carbocycles. The van der Waals surface area contributed by atoms with Crippen molar-refractivity contribution >= 4 is 37.9 Å². The Kier molecular flexibility index (Phi) is 6.93. The van der Waals surface area contributed by atoms with E-state index in [0.29, 0.717) is 29.5 Å². The van der Waals surface area contributed by atoms with Crippen molar-refractivity contribution in [1.29, 1.82) is 0 Å². The summed E-state index contributed by atoms with van der Waals surface area (Å²) in [6.45, 7) is 5.14. The van der Waals surface area contributed by atoms with E-state index in [2.05, 4.69) is 30.0 Å². The molecule has 3 aliphatic heterocycles. The number of nitrogens with zero attached hydrogens (tertiary/aromatic N) is 6. The second-order valence-corrected chi connectivity index (χ2v) is 12.6. The van der Waals surface area contributed by atoms with Crippen LogP contribution < -0.4 is 15.7 Å². The summed E-state index contributed by atoms with van der Waals surface area (Å²) in [6.07, 6.45) is -0.275. The highest BCUT2D eigenvalue weighted by molar-refractivity contribution is 7.91. The Labute approximate surface area is 242 Å². The highest BCUT2D eigenvalue weighted by Gasteiger charge is 2.31. The third kappa shape index (κ3) is 5.69. The number of anilines is 2. The van der Waals surface area contributed by atoms with Crippen LogP contribution in [0.3, 0.4) is 0 Å². The van der Waals surface area contributed by atoms with Crippen LogP contribution in [0.15, 0.2) is 60.0 Å². The molecule has 0 fully saturated rings. The predicted molar refractivity (Wildman–Crippen MR) is 153 cm³/mol. The molecular weight excluding hydrogens is 589 g/mol. The second kappa shape index (κ2) is 10.5. The first-order valence-electron chi connectivity index (χ1n) is 12.7. The van der Waals surface area contributed by atoms with Gasteiger partial charge in [-0.15, -0.1) is 0 Å². The number of fused-ring (bicyclic) bond motifs is 3. The normalized spacial score (nSPS) is 13.8. The topological polar surface area (TPSA) is 127 Å². The van der Waals surface area contributed by atoms with E-state index in [1.807, 2.05) is 24.5 Å². The maximum atomic E-state index is 13.1. The van der Waals surface area contributed by atoms with E-state index < -0.39 is 27.5 Å². The minimum Gasteiger partial charge on any atom is -0.369 e. The van der Waals surface area contributed by atoms with Crippen LogP contribution in [0.5, 0.6) is 0 Å². The molecule has 42 heavy (non-hydrogen) atoms. The molecule has 15 heteroatoms. The van der Waals surface area contributed by atoms with Crippen LogP contribution in [-0.2, 0) is 28.5 Å².